The second kappa shape index (κ2) is 4.46. The molecule has 3 rings (SSSR count). The highest BCUT2D eigenvalue weighted by atomic mass is 16.5. The molecule has 1 aliphatic carbocycles. The molecule has 0 bridgehead atoms. The molecule has 2 fully saturated rings. The van der Waals surface area contributed by atoms with Crippen molar-refractivity contribution in [2.45, 2.75) is 38.1 Å². The lowest BCUT2D eigenvalue weighted by atomic mass is 9.99. The van der Waals surface area contributed by atoms with Crippen molar-refractivity contribution < 1.29 is 4.52 Å². The highest BCUT2D eigenvalue weighted by Gasteiger charge is 2.29. The van der Waals surface area contributed by atoms with Gasteiger partial charge in [0, 0.05) is 11.8 Å². The van der Waals surface area contributed by atoms with Gasteiger partial charge in [-0.05, 0) is 38.8 Å². The largest absolute Gasteiger partial charge is 0.338 e. The molecule has 0 N–H and O–H groups in total. The number of nitrogens with zero attached hydrogens (tertiary/aromatic N) is 4. The quantitative estimate of drug-likeness (QED) is 0.793. The Labute approximate surface area is 100 Å². The summed E-state index contributed by atoms with van der Waals surface area (Å²) in [7, 11) is 0. The molecule has 2 heterocycles. The van der Waals surface area contributed by atoms with Gasteiger partial charge in [0.1, 0.15) is 0 Å². The zero-order valence-electron chi connectivity index (χ0n) is 9.80. The fourth-order valence-corrected chi connectivity index (χ4v) is 2.25. The number of aromatic nitrogens is 2. The van der Waals surface area contributed by atoms with E-state index in [1.54, 1.807) is 0 Å². The first-order valence-electron chi connectivity index (χ1n) is 6.29. The molecule has 1 saturated heterocycles. The van der Waals surface area contributed by atoms with E-state index in [1.807, 2.05) is 0 Å². The Morgan fingerprint density at radius 1 is 1.29 bits per heavy atom. The summed E-state index contributed by atoms with van der Waals surface area (Å²) in [6, 6.07) is 2.34. The van der Waals surface area contributed by atoms with Crippen molar-refractivity contribution in [3.63, 3.8) is 0 Å². The fraction of sp³-hybridized carbons (Fsp3) is 0.750. The van der Waals surface area contributed by atoms with Crippen LogP contribution in [0.1, 0.15) is 43.3 Å². The van der Waals surface area contributed by atoms with Crippen LogP contribution in [0.3, 0.4) is 0 Å². The third-order valence-corrected chi connectivity index (χ3v) is 3.56. The molecule has 0 spiro atoms. The van der Waals surface area contributed by atoms with Gasteiger partial charge >= 0.3 is 0 Å². The van der Waals surface area contributed by atoms with Gasteiger partial charge in [-0.25, -0.2) is 0 Å². The molecule has 17 heavy (non-hydrogen) atoms. The predicted molar refractivity (Wildman–Crippen MR) is 59.9 cm³/mol. The van der Waals surface area contributed by atoms with Crippen molar-refractivity contribution >= 4 is 0 Å². The molecule has 0 unspecified atom stereocenters. The molecule has 90 valence electrons. The second-order valence-corrected chi connectivity index (χ2v) is 5.00. The minimum absolute atomic E-state index is 0.232. The Kier molecular flexibility index (Phi) is 2.81. The number of likely N-dealkylation sites (tertiary alicyclic amines) is 1. The number of nitriles is 1. The van der Waals surface area contributed by atoms with Crippen molar-refractivity contribution in [2.24, 2.45) is 5.92 Å². The van der Waals surface area contributed by atoms with Crippen LogP contribution in [0.4, 0.5) is 0 Å². The fourth-order valence-electron chi connectivity index (χ4n) is 2.25. The zero-order valence-corrected chi connectivity index (χ0v) is 9.80. The van der Waals surface area contributed by atoms with Crippen molar-refractivity contribution in [3.05, 3.63) is 11.7 Å². The molecule has 1 saturated carbocycles. The molecule has 2 aliphatic rings. The second-order valence-electron chi connectivity index (χ2n) is 5.00. The Hall–Kier alpha value is -1.41. The first kappa shape index (κ1) is 10.7. The Morgan fingerprint density at radius 2 is 2.06 bits per heavy atom. The van der Waals surface area contributed by atoms with Crippen molar-refractivity contribution in [3.8, 4) is 6.07 Å². The van der Waals surface area contributed by atoms with Crippen molar-refractivity contribution in [1.82, 2.24) is 15.0 Å². The zero-order chi connectivity index (χ0) is 11.7. The van der Waals surface area contributed by atoms with Crippen LogP contribution in [0.5, 0.6) is 0 Å². The SMILES string of the molecule is N#CC1CCN(Cc2nc(C3CC3)no2)CC1. The van der Waals surface area contributed by atoms with E-state index >= 15 is 0 Å². The van der Waals surface area contributed by atoms with E-state index in [-0.39, 0.29) is 5.92 Å². The van der Waals surface area contributed by atoms with Crippen LogP contribution in [0.15, 0.2) is 4.52 Å². The molecule has 0 aromatic carbocycles. The van der Waals surface area contributed by atoms with E-state index in [2.05, 4.69) is 21.1 Å². The average Bonchev–Trinajstić information content (AvgIpc) is 3.12. The predicted octanol–water partition coefficient (Wildman–Crippen LogP) is 1.68. The van der Waals surface area contributed by atoms with E-state index in [4.69, 9.17) is 9.78 Å². The normalized spacial score (nSPS) is 22.5. The molecule has 5 heteroatoms. The molecule has 0 amide bonds. The number of rotatable bonds is 3. The van der Waals surface area contributed by atoms with Crippen LogP contribution in [-0.4, -0.2) is 28.1 Å². The minimum Gasteiger partial charge on any atom is -0.338 e. The lowest BCUT2D eigenvalue weighted by Crippen LogP contribution is -2.32. The van der Waals surface area contributed by atoms with Crippen LogP contribution in [0.2, 0.25) is 0 Å². The monoisotopic (exact) mass is 232 g/mol. The van der Waals surface area contributed by atoms with E-state index in [9.17, 15) is 0 Å². The van der Waals surface area contributed by atoms with Crippen molar-refractivity contribution in [2.75, 3.05) is 13.1 Å². The van der Waals surface area contributed by atoms with Crippen LogP contribution in [-0.2, 0) is 6.54 Å². The number of hydrogen-bond donors (Lipinski definition) is 0. The first-order valence-corrected chi connectivity index (χ1v) is 6.29. The van der Waals surface area contributed by atoms with Gasteiger partial charge in [-0.3, -0.25) is 4.90 Å². The van der Waals surface area contributed by atoms with Gasteiger partial charge in [0.25, 0.3) is 0 Å². The molecule has 0 atom stereocenters. The molecule has 1 aliphatic heterocycles. The van der Waals surface area contributed by atoms with Gasteiger partial charge in [-0.15, -0.1) is 0 Å². The smallest absolute Gasteiger partial charge is 0.240 e. The first-order chi connectivity index (χ1) is 8.35. The summed E-state index contributed by atoms with van der Waals surface area (Å²) in [5.74, 6) is 2.39. The van der Waals surface area contributed by atoms with Crippen LogP contribution < -0.4 is 0 Å². The highest BCUT2D eigenvalue weighted by molar-refractivity contribution is 5.03. The molecule has 0 radical (unpaired) electrons. The highest BCUT2D eigenvalue weighted by Crippen LogP contribution is 2.38. The van der Waals surface area contributed by atoms with Crippen LogP contribution in [0.25, 0.3) is 0 Å². The Morgan fingerprint density at radius 3 is 2.71 bits per heavy atom. The number of piperidine rings is 1. The van der Waals surface area contributed by atoms with Gasteiger partial charge < -0.3 is 4.52 Å². The summed E-state index contributed by atoms with van der Waals surface area (Å²) >= 11 is 0. The summed E-state index contributed by atoms with van der Waals surface area (Å²) in [6.45, 7) is 2.65. The van der Waals surface area contributed by atoms with Gasteiger partial charge in [0.05, 0.1) is 12.6 Å². The Bertz CT molecular complexity index is 424. The maximum Gasteiger partial charge on any atom is 0.240 e. The third-order valence-electron chi connectivity index (χ3n) is 3.56. The molecular formula is C12H16N4O. The van der Waals surface area contributed by atoms with Crippen LogP contribution in [0, 0.1) is 17.2 Å². The minimum atomic E-state index is 0.232. The topological polar surface area (TPSA) is 66.0 Å². The van der Waals surface area contributed by atoms with Gasteiger partial charge in [-0.2, -0.15) is 10.2 Å². The van der Waals surface area contributed by atoms with Gasteiger partial charge in [0.2, 0.25) is 5.89 Å². The Balaban J connectivity index is 1.54. The third kappa shape index (κ3) is 2.47. The van der Waals surface area contributed by atoms with Gasteiger partial charge in [0.15, 0.2) is 5.82 Å². The lowest BCUT2D eigenvalue weighted by Gasteiger charge is -2.27. The molecule has 1 aromatic rings. The summed E-state index contributed by atoms with van der Waals surface area (Å²) in [5.41, 5.74) is 0. The summed E-state index contributed by atoms with van der Waals surface area (Å²) in [6.07, 6.45) is 4.32. The maximum absolute atomic E-state index is 8.83. The summed E-state index contributed by atoms with van der Waals surface area (Å²) < 4.78 is 5.25. The van der Waals surface area contributed by atoms with E-state index in [0.29, 0.717) is 5.92 Å². The van der Waals surface area contributed by atoms with E-state index in [1.165, 1.54) is 12.8 Å². The molecule has 5 nitrogen and oxygen atoms in total. The summed E-state index contributed by atoms with van der Waals surface area (Å²) in [4.78, 5) is 6.71. The standard InChI is InChI=1S/C12H16N4O/c13-7-9-3-5-16(6-4-9)8-11-14-12(15-17-11)10-1-2-10/h9-10H,1-6,8H2. The van der Waals surface area contributed by atoms with Crippen molar-refractivity contribution in [1.29, 1.82) is 5.26 Å². The van der Waals surface area contributed by atoms with Crippen LogP contribution >= 0.6 is 0 Å². The maximum atomic E-state index is 8.83. The lowest BCUT2D eigenvalue weighted by molar-refractivity contribution is 0.175. The average molecular weight is 232 g/mol. The van der Waals surface area contributed by atoms with Gasteiger partial charge in [-0.1, -0.05) is 5.16 Å². The van der Waals surface area contributed by atoms with E-state index in [0.717, 1.165) is 44.2 Å². The van der Waals surface area contributed by atoms with E-state index < -0.39 is 0 Å². The number of hydrogen-bond acceptors (Lipinski definition) is 5. The molecule has 1 aromatic heterocycles. The summed E-state index contributed by atoms with van der Waals surface area (Å²) in [5, 5.41) is 12.8. The molecular weight excluding hydrogens is 216 g/mol.